The summed E-state index contributed by atoms with van der Waals surface area (Å²) >= 11 is 11.7. The van der Waals surface area contributed by atoms with E-state index in [2.05, 4.69) is 27.6 Å². The summed E-state index contributed by atoms with van der Waals surface area (Å²) in [6.07, 6.45) is 8.30. The van der Waals surface area contributed by atoms with Gasteiger partial charge in [-0.25, -0.2) is 4.98 Å². The van der Waals surface area contributed by atoms with Crippen LogP contribution in [0.3, 0.4) is 0 Å². The minimum Gasteiger partial charge on any atom is -0.310 e. The van der Waals surface area contributed by atoms with Crippen LogP contribution in [0.5, 0.6) is 0 Å². The van der Waals surface area contributed by atoms with E-state index in [1.165, 1.54) is 12.3 Å². The average molecular weight is 388 g/mol. The molecule has 1 N–H and O–H groups in total. The number of aromatic nitrogens is 2. The van der Waals surface area contributed by atoms with Crippen molar-refractivity contribution in [2.75, 3.05) is 18.4 Å². The number of hydrogen-bond donors (Lipinski definition) is 1. The first-order chi connectivity index (χ1) is 12.5. The molecule has 0 saturated heterocycles. The maximum Gasteiger partial charge on any atom is 0.230 e. The van der Waals surface area contributed by atoms with Gasteiger partial charge in [-0.2, -0.15) is 5.26 Å². The average Bonchev–Trinajstić information content (AvgIpc) is 2.65. The van der Waals surface area contributed by atoms with Gasteiger partial charge in [-0.3, -0.25) is 9.78 Å². The number of anilines is 1. The third-order valence-electron chi connectivity index (χ3n) is 3.89. The van der Waals surface area contributed by atoms with Crippen molar-refractivity contribution in [2.45, 2.75) is 12.8 Å². The monoisotopic (exact) mass is 387 g/mol. The SMILES string of the molecule is N#CN1CCC=C(c2ccc(CC(=O)Nc3cc(Cl)c(Cl)cn3)cn2)C1. The second kappa shape index (κ2) is 8.17. The van der Waals surface area contributed by atoms with Crippen LogP contribution in [0.4, 0.5) is 5.82 Å². The molecule has 1 amide bonds. The fraction of sp³-hybridized carbons (Fsp3) is 0.222. The number of halogens is 2. The van der Waals surface area contributed by atoms with Crippen LogP contribution in [0.15, 0.2) is 36.7 Å². The second-order valence-electron chi connectivity index (χ2n) is 5.80. The van der Waals surface area contributed by atoms with E-state index in [1.807, 2.05) is 12.1 Å². The Morgan fingerprint density at radius 1 is 1.27 bits per heavy atom. The molecule has 26 heavy (non-hydrogen) atoms. The number of hydrogen-bond acceptors (Lipinski definition) is 5. The molecular weight excluding hydrogens is 373 g/mol. The topological polar surface area (TPSA) is 81.9 Å². The predicted molar refractivity (Wildman–Crippen MR) is 101 cm³/mol. The number of carbonyl (C=O) groups excluding carboxylic acids is 1. The minimum atomic E-state index is -0.224. The van der Waals surface area contributed by atoms with E-state index >= 15 is 0 Å². The van der Waals surface area contributed by atoms with Crippen LogP contribution in [-0.2, 0) is 11.2 Å². The van der Waals surface area contributed by atoms with Gasteiger partial charge < -0.3 is 10.2 Å². The van der Waals surface area contributed by atoms with Crippen molar-refractivity contribution in [1.29, 1.82) is 5.26 Å². The zero-order chi connectivity index (χ0) is 18.5. The van der Waals surface area contributed by atoms with Crippen LogP contribution in [0.25, 0.3) is 5.57 Å². The Morgan fingerprint density at radius 2 is 2.12 bits per heavy atom. The molecule has 0 radical (unpaired) electrons. The van der Waals surface area contributed by atoms with Crippen molar-refractivity contribution in [1.82, 2.24) is 14.9 Å². The molecule has 3 heterocycles. The van der Waals surface area contributed by atoms with Gasteiger partial charge in [-0.1, -0.05) is 35.3 Å². The molecule has 1 aliphatic heterocycles. The number of rotatable bonds is 4. The van der Waals surface area contributed by atoms with Crippen molar-refractivity contribution < 1.29 is 4.79 Å². The molecule has 0 spiro atoms. The molecular formula is C18H15Cl2N5O. The van der Waals surface area contributed by atoms with Crippen LogP contribution in [0.1, 0.15) is 17.7 Å². The van der Waals surface area contributed by atoms with Crippen molar-refractivity contribution >= 4 is 40.5 Å². The summed E-state index contributed by atoms with van der Waals surface area (Å²) < 4.78 is 0. The lowest BCUT2D eigenvalue weighted by molar-refractivity contribution is -0.115. The molecule has 132 valence electrons. The standard InChI is InChI=1S/C18H15Cl2N5O/c19-14-7-17(23-9-15(14)20)24-18(26)6-12-3-4-16(22-8-12)13-2-1-5-25(10-13)11-21/h2-4,7-9H,1,5-6,10H2,(H,23,24,26). The number of nitrogens with one attached hydrogen (secondary N) is 1. The van der Waals surface area contributed by atoms with Gasteiger partial charge in [-0.15, -0.1) is 0 Å². The number of amides is 1. The Kier molecular flexibility index (Phi) is 5.71. The van der Waals surface area contributed by atoms with E-state index in [9.17, 15) is 4.79 Å². The number of pyridine rings is 2. The Bertz CT molecular complexity index is 889. The van der Waals surface area contributed by atoms with E-state index in [-0.39, 0.29) is 12.3 Å². The van der Waals surface area contributed by atoms with E-state index in [1.54, 1.807) is 11.1 Å². The molecule has 8 heteroatoms. The lowest BCUT2D eigenvalue weighted by Crippen LogP contribution is -2.24. The second-order valence-corrected chi connectivity index (χ2v) is 6.61. The smallest absolute Gasteiger partial charge is 0.230 e. The largest absolute Gasteiger partial charge is 0.310 e. The zero-order valence-electron chi connectivity index (χ0n) is 13.7. The van der Waals surface area contributed by atoms with Crippen LogP contribution in [0.2, 0.25) is 10.0 Å². The third-order valence-corrected chi connectivity index (χ3v) is 4.60. The van der Waals surface area contributed by atoms with Crippen LogP contribution in [-0.4, -0.2) is 33.9 Å². The quantitative estimate of drug-likeness (QED) is 0.811. The summed E-state index contributed by atoms with van der Waals surface area (Å²) in [6, 6.07) is 5.22. The molecule has 0 aliphatic carbocycles. The van der Waals surface area contributed by atoms with Crippen molar-refractivity contribution in [2.24, 2.45) is 0 Å². The van der Waals surface area contributed by atoms with Crippen molar-refractivity contribution in [3.05, 3.63) is 58.0 Å². The normalized spacial score (nSPS) is 13.7. The van der Waals surface area contributed by atoms with Gasteiger partial charge in [0, 0.05) is 25.0 Å². The Morgan fingerprint density at radius 3 is 2.81 bits per heavy atom. The van der Waals surface area contributed by atoms with Gasteiger partial charge in [0.1, 0.15) is 5.82 Å². The number of carbonyl (C=O) groups is 1. The molecule has 0 bridgehead atoms. The van der Waals surface area contributed by atoms with Gasteiger partial charge in [-0.05, 0) is 23.6 Å². The summed E-state index contributed by atoms with van der Waals surface area (Å²) in [5, 5.41) is 12.3. The lowest BCUT2D eigenvalue weighted by atomic mass is 10.1. The van der Waals surface area contributed by atoms with Gasteiger partial charge in [0.25, 0.3) is 0 Å². The van der Waals surface area contributed by atoms with Crippen LogP contribution < -0.4 is 5.32 Å². The first-order valence-corrected chi connectivity index (χ1v) is 8.70. The maximum atomic E-state index is 12.1. The minimum absolute atomic E-state index is 0.165. The molecule has 0 fully saturated rings. The van der Waals surface area contributed by atoms with Crippen molar-refractivity contribution in [3.63, 3.8) is 0 Å². The Hall–Kier alpha value is -2.62. The Labute approximate surface area is 161 Å². The summed E-state index contributed by atoms with van der Waals surface area (Å²) in [7, 11) is 0. The summed E-state index contributed by atoms with van der Waals surface area (Å²) in [4.78, 5) is 22.3. The predicted octanol–water partition coefficient (Wildman–Crippen LogP) is 3.53. The molecule has 2 aromatic rings. The summed E-state index contributed by atoms with van der Waals surface area (Å²) in [5.74, 6) is 0.121. The highest BCUT2D eigenvalue weighted by atomic mass is 35.5. The molecule has 0 saturated carbocycles. The highest BCUT2D eigenvalue weighted by molar-refractivity contribution is 6.42. The van der Waals surface area contributed by atoms with E-state index in [0.717, 1.165) is 29.8 Å². The summed E-state index contributed by atoms with van der Waals surface area (Å²) in [6.45, 7) is 1.30. The van der Waals surface area contributed by atoms with Gasteiger partial charge in [0.2, 0.25) is 5.91 Å². The fourth-order valence-electron chi connectivity index (χ4n) is 2.59. The first kappa shape index (κ1) is 18.2. The number of nitriles is 1. The fourth-order valence-corrected chi connectivity index (χ4v) is 2.84. The van der Waals surface area contributed by atoms with E-state index < -0.39 is 0 Å². The third kappa shape index (κ3) is 4.51. The molecule has 0 aromatic carbocycles. The first-order valence-electron chi connectivity index (χ1n) is 7.95. The maximum absolute atomic E-state index is 12.1. The number of nitrogens with zero attached hydrogens (tertiary/aromatic N) is 4. The lowest BCUT2D eigenvalue weighted by Gasteiger charge is -2.21. The molecule has 0 unspecified atom stereocenters. The van der Waals surface area contributed by atoms with Crippen LogP contribution in [0, 0.1) is 11.5 Å². The molecule has 6 nitrogen and oxygen atoms in total. The molecule has 1 aliphatic rings. The van der Waals surface area contributed by atoms with E-state index in [4.69, 9.17) is 28.5 Å². The van der Waals surface area contributed by atoms with Gasteiger partial charge in [0.15, 0.2) is 6.19 Å². The van der Waals surface area contributed by atoms with Crippen LogP contribution >= 0.6 is 23.2 Å². The van der Waals surface area contributed by atoms with Gasteiger partial charge in [0.05, 0.1) is 28.7 Å². The van der Waals surface area contributed by atoms with Crippen molar-refractivity contribution in [3.8, 4) is 6.19 Å². The highest BCUT2D eigenvalue weighted by Crippen LogP contribution is 2.23. The highest BCUT2D eigenvalue weighted by Gasteiger charge is 2.14. The summed E-state index contributed by atoms with van der Waals surface area (Å²) in [5.41, 5.74) is 2.62. The van der Waals surface area contributed by atoms with E-state index in [0.29, 0.717) is 22.4 Å². The zero-order valence-corrected chi connectivity index (χ0v) is 15.3. The van der Waals surface area contributed by atoms with Gasteiger partial charge >= 0.3 is 0 Å². The molecule has 2 aromatic heterocycles. The molecule has 3 rings (SSSR count). The Balaban J connectivity index is 1.62. The molecule has 0 atom stereocenters.